The fourth-order valence-corrected chi connectivity index (χ4v) is 3.02. The van der Waals surface area contributed by atoms with Crippen molar-refractivity contribution in [2.75, 3.05) is 23.3 Å². The summed E-state index contributed by atoms with van der Waals surface area (Å²) in [5, 5.41) is 2.71. The number of aryl methyl sites for hydroxylation is 1. The highest BCUT2D eigenvalue weighted by Gasteiger charge is 2.33. The van der Waals surface area contributed by atoms with E-state index in [2.05, 4.69) is 25.3 Å². The van der Waals surface area contributed by atoms with Crippen LogP contribution in [0.1, 0.15) is 16.2 Å². The van der Waals surface area contributed by atoms with Gasteiger partial charge in [-0.25, -0.2) is 24.3 Å². The van der Waals surface area contributed by atoms with Gasteiger partial charge in [-0.3, -0.25) is 4.79 Å². The molecule has 0 unspecified atom stereocenters. The Labute approximate surface area is 170 Å². The maximum atomic E-state index is 13.3. The molecule has 0 saturated carbocycles. The SMILES string of the molecule is Cc1cc(NC(=O)c2nccnc2N2CC(Oc3ccc(F)c(Cl)c3)C2)ncn1. The number of anilines is 2. The fourth-order valence-electron chi connectivity index (χ4n) is 2.85. The highest BCUT2D eigenvalue weighted by molar-refractivity contribution is 6.30. The molecule has 10 heteroatoms. The number of ether oxygens (including phenoxy) is 1. The maximum Gasteiger partial charge on any atom is 0.279 e. The van der Waals surface area contributed by atoms with Gasteiger partial charge in [-0.2, -0.15) is 0 Å². The average Bonchev–Trinajstić information content (AvgIpc) is 2.67. The van der Waals surface area contributed by atoms with Gasteiger partial charge in [0.25, 0.3) is 5.91 Å². The number of halogens is 2. The van der Waals surface area contributed by atoms with Crippen molar-refractivity contribution < 1.29 is 13.9 Å². The summed E-state index contributed by atoms with van der Waals surface area (Å²) >= 11 is 5.78. The van der Waals surface area contributed by atoms with E-state index in [-0.39, 0.29) is 16.8 Å². The van der Waals surface area contributed by atoms with Gasteiger partial charge in [-0.05, 0) is 19.1 Å². The topological polar surface area (TPSA) is 93.1 Å². The Morgan fingerprint density at radius 1 is 1.21 bits per heavy atom. The van der Waals surface area contributed by atoms with Crippen molar-refractivity contribution in [2.24, 2.45) is 0 Å². The smallest absolute Gasteiger partial charge is 0.279 e. The summed E-state index contributed by atoms with van der Waals surface area (Å²) in [5.74, 6) is 0.409. The minimum atomic E-state index is -0.497. The molecule has 1 N–H and O–H groups in total. The lowest BCUT2D eigenvalue weighted by Crippen LogP contribution is -2.54. The van der Waals surface area contributed by atoms with Crippen molar-refractivity contribution in [2.45, 2.75) is 13.0 Å². The van der Waals surface area contributed by atoms with Gasteiger partial charge in [0.2, 0.25) is 0 Å². The van der Waals surface area contributed by atoms with Gasteiger partial charge in [-0.1, -0.05) is 11.6 Å². The third kappa shape index (κ3) is 4.24. The van der Waals surface area contributed by atoms with E-state index in [4.69, 9.17) is 16.3 Å². The molecule has 0 bridgehead atoms. The zero-order valence-electron chi connectivity index (χ0n) is 15.3. The molecule has 148 valence electrons. The molecule has 8 nitrogen and oxygen atoms in total. The lowest BCUT2D eigenvalue weighted by atomic mass is 10.1. The number of aromatic nitrogens is 4. The van der Waals surface area contributed by atoms with Gasteiger partial charge in [-0.15, -0.1) is 0 Å². The van der Waals surface area contributed by atoms with Crippen LogP contribution in [-0.2, 0) is 0 Å². The average molecular weight is 415 g/mol. The summed E-state index contributed by atoms with van der Waals surface area (Å²) in [6, 6.07) is 5.88. The van der Waals surface area contributed by atoms with Crippen LogP contribution >= 0.6 is 11.6 Å². The lowest BCUT2D eigenvalue weighted by molar-refractivity contribution is 0.102. The third-order valence-corrected chi connectivity index (χ3v) is 4.57. The summed E-state index contributed by atoms with van der Waals surface area (Å²) in [4.78, 5) is 31.0. The molecule has 29 heavy (non-hydrogen) atoms. The van der Waals surface area contributed by atoms with Crippen molar-refractivity contribution >= 4 is 29.1 Å². The Kier molecular flexibility index (Phi) is 5.22. The maximum absolute atomic E-state index is 13.3. The Morgan fingerprint density at radius 3 is 2.76 bits per heavy atom. The number of hydrogen-bond donors (Lipinski definition) is 1. The summed E-state index contributed by atoms with van der Waals surface area (Å²) in [5.41, 5.74) is 0.922. The number of nitrogens with zero attached hydrogens (tertiary/aromatic N) is 5. The second-order valence-corrected chi connectivity index (χ2v) is 6.86. The van der Waals surface area contributed by atoms with Crippen LogP contribution in [-0.4, -0.2) is 45.0 Å². The molecular formula is C19H16ClFN6O2. The van der Waals surface area contributed by atoms with E-state index in [9.17, 15) is 9.18 Å². The van der Waals surface area contributed by atoms with E-state index in [1.807, 2.05) is 4.90 Å². The van der Waals surface area contributed by atoms with Crippen molar-refractivity contribution in [3.8, 4) is 5.75 Å². The van der Waals surface area contributed by atoms with Crippen molar-refractivity contribution in [1.82, 2.24) is 19.9 Å². The predicted octanol–water partition coefficient (Wildman–Crippen LogP) is 2.89. The van der Waals surface area contributed by atoms with Crippen molar-refractivity contribution in [3.63, 3.8) is 0 Å². The Hall–Kier alpha value is -3.33. The quantitative estimate of drug-likeness (QED) is 0.686. The Balaban J connectivity index is 1.42. The van der Waals surface area contributed by atoms with Gasteiger partial charge < -0.3 is 15.0 Å². The molecule has 0 aliphatic carbocycles. The number of rotatable bonds is 5. The van der Waals surface area contributed by atoms with Crippen LogP contribution in [0.25, 0.3) is 0 Å². The molecule has 1 aromatic carbocycles. The van der Waals surface area contributed by atoms with Crippen LogP contribution in [0.3, 0.4) is 0 Å². The minimum absolute atomic E-state index is 0.00604. The summed E-state index contributed by atoms with van der Waals surface area (Å²) in [7, 11) is 0. The molecule has 1 aliphatic rings. The standard InChI is InChI=1S/C19H16ClFN6O2/c1-11-6-16(25-10-24-11)26-19(28)17-18(23-5-4-22-17)27-8-13(9-27)29-12-2-3-15(21)14(20)7-12/h2-7,10,13H,8-9H2,1H3,(H,24,25,26,28). The van der Waals surface area contributed by atoms with E-state index in [1.54, 1.807) is 13.0 Å². The lowest BCUT2D eigenvalue weighted by Gasteiger charge is -2.40. The highest BCUT2D eigenvalue weighted by atomic mass is 35.5. The van der Waals surface area contributed by atoms with Crippen LogP contribution in [0.15, 0.2) is 43.0 Å². The number of carbonyl (C=O) groups excluding carboxylic acids is 1. The molecular weight excluding hydrogens is 399 g/mol. The molecule has 4 rings (SSSR count). The Bertz CT molecular complexity index is 1060. The third-order valence-electron chi connectivity index (χ3n) is 4.28. The first-order chi connectivity index (χ1) is 14.0. The first kappa shape index (κ1) is 19.0. The van der Waals surface area contributed by atoms with Crippen molar-refractivity contribution in [1.29, 1.82) is 0 Å². The number of amides is 1. The van der Waals surface area contributed by atoms with Crippen LogP contribution in [0, 0.1) is 12.7 Å². The zero-order valence-corrected chi connectivity index (χ0v) is 16.1. The van der Waals surface area contributed by atoms with Crippen LogP contribution in [0.2, 0.25) is 5.02 Å². The normalized spacial score (nSPS) is 13.7. The van der Waals surface area contributed by atoms with Gasteiger partial charge in [0.15, 0.2) is 11.5 Å². The first-order valence-electron chi connectivity index (χ1n) is 8.77. The second kappa shape index (κ2) is 7.96. The van der Waals surface area contributed by atoms with Crippen LogP contribution in [0.5, 0.6) is 5.75 Å². The van der Waals surface area contributed by atoms with E-state index in [0.717, 1.165) is 5.69 Å². The molecule has 0 radical (unpaired) electrons. The van der Waals surface area contributed by atoms with E-state index in [0.29, 0.717) is 30.5 Å². The van der Waals surface area contributed by atoms with Crippen LogP contribution < -0.4 is 15.0 Å². The molecule has 3 heterocycles. The molecule has 1 saturated heterocycles. The molecule has 2 aromatic heterocycles. The van der Waals surface area contributed by atoms with Gasteiger partial charge in [0.05, 0.1) is 18.1 Å². The molecule has 3 aromatic rings. The van der Waals surface area contributed by atoms with E-state index in [1.165, 1.54) is 36.9 Å². The predicted molar refractivity (Wildman–Crippen MR) is 105 cm³/mol. The van der Waals surface area contributed by atoms with E-state index >= 15 is 0 Å². The minimum Gasteiger partial charge on any atom is -0.487 e. The van der Waals surface area contributed by atoms with Gasteiger partial charge >= 0.3 is 0 Å². The summed E-state index contributed by atoms with van der Waals surface area (Å²) in [6.07, 6.45) is 4.22. The second-order valence-electron chi connectivity index (χ2n) is 6.45. The largest absolute Gasteiger partial charge is 0.487 e. The molecule has 1 amide bonds. The monoisotopic (exact) mass is 414 g/mol. The van der Waals surface area contributed by atoms with Gasteiger partial charge in [0, 0.05) is 30.2 Å². The molecule has 0 atom stereocenters. The molecule has 0 spiro atoms. The number of hydrogen-bond acceptors (Lipinski definition) is 7. The Morgan fingerprint density at radius 2 is 2.00 bits per heavy atom. The first-order valence-corrected chi connectivity index (χ1v) is 9.15. The van der Waals surface area contributed by atoms with Gasteiger partial charge in [0.1, 0.15) is 29.8 Å². The number of carbonyl (C=O) groups is 1. The molecule has 1 fully saturated rings. The zero-order chi connectivity index (χ0) is 20.4. The van der Waals surface area contributed by atoms with Crippen LogP contribution in [0.4, 0.5) is 16.0 Å². The highest BCUT2D eigenvalue weighted by Crippen LogP contribution is 2.27. The summed E-state index contributed by atoms with van der Waals surface area (Å²) in [6.45, 7) is 2.81. The molecule has 1 aliphatic heterocycles. The van der Waals surface area contributed by atoms with E-state index < -0.39 is 11.7 Å². The van der Waals surface area contributed by atoms with Crippen molar-refractivity contribution in [3.05, 3.63) is 65.2 Å². The number of benzene rings is 1. The fraction of sp³-hybridized carbons (Fsp3) is 0.211. The summed E-state index contributed by atoms with van der Waals surface area (Å²) < 4.78 is 19.0. The number of nitrogens with one attached hydrogen (secondary N) is 1.